The van der Waals surface area contributed by atoms with Crippen molar-refractivity contribution < 1.29 is 14.3 Å². The predicted octanol–water partition coefficient (Wildman–Crippen LogP) is 1.64. The van der Waals surface area contributed by atoms with Crippen LogP contribution in [0.4, 0.5) is 0 Å². The second-order valence-electron chi connectivity index (χ2n) is 6.95. The highest BCUT2D eigenvalue weighted by molar-refractivity contribution is 5.86. The summed E-state index contributed by atoms with van der Waals surface area (Å²) in [5, 5.41) is 6.37. The number of nitrogens with zero attached hydrogens (tertiary/aromatic N) is 2. The zero-order chi connectivity index (χ0) is 19.5. The molecule has 1 aliphatic carbocycles. The van der Waals surface area contributed by atoms with Crippen LogP contribution in [0.25, 0.3) is 0 Å². The van der Waals surface area contributed by atoms with Crippen LogP contribution in [0.1, 0.15) is 24.8 Å². The van der Waals surface area contributed by atoms with Crippen LogP contribution in [-0.2, 0) is 16.1 Å². The van der Waals surface area contributed by atoms with Crippen LogP contribution >= 0.6 is 0 Å². The number of rotatable bonds is 11. The zero-order valence-electron chi connectivity index (χ0n) is 16.7. The van der Waals surface area contributed by atoms with Crippen LogP contribution in [0, 0.1) is 5.92 Å². The number of carbonyl (C=O) groups is 1. The molecule has 0 atom stereocenters. The molecular formula is C20H32N4O3. The number of carbonyl (C=O) groups excluding carboxylic acids is 1. The van der Waals surface area contributed by atoms with Gasteiger partial charge in [-0.05, 0) is 42.9 Å². The molecule has 1 aromatic rings. The molecule has 2 rings (SSSR count). The lowest BCUT2D eigenvalue weighted by atomic mass is 10.2. The van der Waals surface area contributed by atoms with Crippen molar-refractivity contribution in [2.24, 2.45) is 10.9 Å². The molecule has 1 aromatic carbocycles. The van der Waals surface area contributed by atoms with Gasteiger partial charge >= 0.3 is 0 Å². The fourth-order valence-electron chi connectivity index (χ4n) is 2.31. The molecule has 1 amide bonds. The van der Waals surface area contributed by atoms with E-state index in [0.29, 0.717) is 12.5 Å². The summed E-state index contributed by atoms with van der Waals surface area (Å²) >= 11 is 0. The van der Waals surface area contributed by atoms with Gasteiger partial charge in [0.25, 0.3) is 0 Å². The normalized spacial score (nSPS) is 14.0. The number of likely N-dealkylation sites (N-methyl/N-ethyl adjacent to an activating group) is 1. The minimum atomic E-state index is 0.00159. The molecule has 0 unspecified atom stereocenters. The monoisotopic (exact) mass is 376 g/mol. The summed E-state index contributed by atoms with van der Waals surface area (Å²) in [4.78, 5) is 18.0. The Morgan fingerprint density at radius 1 is 1.22 bits per heavy atom. The topological polar surface area (TPSA) is 75.2 Å². The number of nitrogens with one attached hydrogen (secondary N) is 2. The quantitative estimate of drug-likeness (QED) is 0.349. The maximum atomic E-state index is 11.8. The molecular weight excluding hydrogens is 344 g/mol. The van der Waals surface area contributed by atoms with E-state index in [-0.39, 0.29) is 12.5 Å². The second kappa shape index (κ2) is 11.4. The number of amides is 1. The van der Waals surface area contributed by atoms with Gasteiger partial charge in [-0.1, -0.05) is 12.1 Å². The van der Waals surface area contributed by atoms with Gasteiger partial charge in [0.1, 0.15) is 5.75 Å². The Kier molecular flexibility index (Phi) is 8.91. The summed E-state index contributed by atoms with van der Waals surface area (Å²) in [6.07, 6.45) is 3.52. The molecule has 27 heavy (non-hydrogen) atoms. The predicted molar refractivity (Wildman–Crippen MR) is 107 cm³/mol. The molecule has 7 heteroatoms. The van der Waals surface area contributed by atoms with Gasteiger partial charge < -0.3 is 25.0 Å². The average molecular weight is 377 g/mol. The third-order valence-electron chi connectivity index (χ3n) is 4.29. The van der Waals surface area contributed by atoms with E-state index >= 15 is 0 Å². The number of aliphatic imine (C=N–C) groups is 1. The number of methoxy groups -OCH3 is 1. The average Bonchev–Trinajstić information content (AvgIpc) is 3.50. The number of hydrogen-bond acceptors (Lipinski definition) is 4. The summed E-state index contributed by atoms with van der Waals surface area (Å²) in [7, 11) is 5.13. The lowest BCUT2D eigenvalue weighted by molar-refractivity contribution is -0.127. The van der Waals surface area contributed by atoms with E-state index in [2.05, 4.69) is 15.6 Å². The van der Waals surface area contributed by atoms with Crippen molar-refractivity contribution in [2.75, 3.05) is 47.5 Å². The van der Waals surface area contributed by atoms with Crippen LogP contribution in [-0.4, -0.2) is 64.3 Å². The Hall–Kier alpha value is -2.28. The standard InChI is InChI=1S/C20H32N4O3/c1-24(2)19(25)14-23-20(21-11-4-12-27-15-17-5-6-17)22-13-16-7-9-18(26-3)10-8-16/h7-10,17H,4-6,11-15H2,1-3H3,(H2,21,22,23). The van der Waals surface area contributed by atoms with Crippen molar-refractivity contribution in [3.05, 3.63) is 29.8 Å². The van der Waals surface area contributed by atoms with Crippen molar-refractivity contribution in [2.45, 2.75) is 25.8 Å². The summed E-state index contributed by atoms with van der Waals surface area (Å²) in [6, 6.07) is 7.80. The van der Waals surface area contributed by atoms with Gasteiger partial charge in [-0.15, -0.1) is 0 Å². The molecule has 1 aliphatic rings. The Morgan fingerprint density at radius 2 is 1.96 bits per heavy atom. The van der Waals surface area contributed by atoms with Crippen LogP contribution in [0.5, 0.6) is 5.75 Å². The van der Waals surface area contributed by atoms with Gasteiger partial charge in [0.05, 0.1) is 20.2 Å². The van der Waals surface area contributed by atoms with Gasteiger partial charge in [-0.3, -0.25) is 4.79 Å². The van der Waals surface area contributed by atoms with E-state index < -0.39 is 0 Å². The summed E-state index contributed by atoms with van der Waals surface area (Å²) in [5.74, 6) is 2.24. The van der Waals surface area contributed by atoms with Gasteiger partial charge in [-0.25, -0.2) is 4.99 Å². The lowest BCUT2D eigenvalue weighted by Gasteiger charge is -2.15. The van der Waals surface area contributed by atoms with Crippen molar-refractivity contribution >= 4 is 11.9 Å². The second-order valence-corrected chi connectivity index (χ2v) is 6.95. The van der Waals surface area contributed by atoms with Crippen molar-refractivity contribution in [1.29, 1.82) is 0 Å². The third kappa shape index (κ3) is 8.77. The molecule has 0 bridgehead atoms. The molecule has 1 fully saturated rings. The Balaban J connectivity index is 1.79. The number of benzene rings is 1. The Labute approximate surface area is 162 Å². The van der Waals surface area contributed by atoms with Crippen LogP contribution < -0.4 is 15.4 Å². The molecule has 0 aliphatic heterocycles. The molecule has 150 valence electrons. The number of ether oxygens (including phenoxy) is 2. The molecule has 0 spiro atoms. The van der Waals surface area contributed by atoms with E-state index in [0.717, 1.165) is 43.4 Å². The fraction of sp³-hybridized carbons (Fsp3) is 0.600. The number of guanidine groups is 1. The van der Waals surface area contributed by atoms with Crippen LogP contribution in [0.2, 0.25) is 0 Å². The van der Waals surface area contributed by atoms with Gasteiger partial charge in [0, 0.05) is 33.9 Å². The summed E-state index contributed by atoms with van der Waals surface area (Å²) in [5.41, 5.74) is 1.07. The van der Waals surface area contributed by atoms with E-state index in [1.54, 1.807) is 26.1 Å². The highest BCUT2D eigenvalue weighted by atomic mass is 16.5. The Morgan fingerprint density at radius 3 is 2.59 bits per heavy atom. The molecule has 0 saturated heterocycles. The molecule has 2 N–H and O–H groups in total. The summed E-state index contributed by atoms with van der Waals surface area (Å²) < 4.78 is 10.8. The molecule has 1 saturated carbocycles. The fourth-order valence-corrected chi connectivity index (χ4v) is 2.31. The minimum Gasteiger partial charge on any atom is -0.497 e. The van der Waals surface area contributed by atoms with E-state index in [1.807, 2.05) is 24.3 Å². The third-order valence-corrected chi connectivity index (χ3v) is 4.29. The van der Waals surface area contributed by atoms with Gasteiger partial charge in [0.2, 0.25) is 5.91 Å². The highest BCUT2D eigenvalue weighted by Gasteiger charge is 2.20. The van der Waals surface area contributed by atoms with E-state index in [1.165, 1.54) is 12.8 Å². The van der Waals surface area contributed by atoms with Gasteiger partial charge in [-0.2, -0.15) is 0 Å². The van der Waals surface area contributed by atoms with E-state index in [4.69, 9.17) is 9.47 Å². The van der Waals surface area contributed by atoms with Crippen molar-refractivity contribution in [1.82, 2.24) is 15.5 Å². The molecule has 0 heterocycles. The lowest BCUT2D eigenvalue weighted by Crippen LogP contribution is -2.43. The minimum absolute atomic E-state index is 0.00159. The van der Waals surface area contributed by atoms with E-state index in [9.17, 15) is 4.79 Å². The SMILES string of the molecule is COc1ccc(CN=C(NCCCOCC2CC2)NCC(=O)N(C)C)cc1. The highest BCUT2D eigenvalue weighted by Crippen LogP contribution is 2.28. The molecule has 0 radical (unpaired) electrons. The number of hydrogen-bond donors (Lipinski definition) is 2. The summed E-state index contributed by atoms with van der Waals surface area (Å²) in [6.45, 7) is 3.10. The molecule has 7 nitrogen and oxygen atoms in total. The maximum absolute atomic E-state index is 11.8. The van der Waals surface area contributed by atoms with Gasteiger partial charge in [0.15, 0.2) is 5.96 Å². The van der Waals surface area contributed by atoms with Crippen molar-refractivity contribution in [3.8, 4) is 5.75 Å². The first-order valence-electron chi connectivity index (χ1n) is 9.51. The van der Waals surface area contributed by atoms with Crippen molar-refractivity contribution in [3.63, 3.8) is 0 Å². The smallest absolute Gasteiger partial charge is 0.241 e. The first-order chi connectivity index (χ1) is 13.1. The largest absolute Gasteiger partial charge is 0.497 e. The molecule has 0 aromatic heterocycles. The zero-order valence-corrected chi connectivity index (χ0v) is 16.7. The van der Waals surface area contributed by atoms with Crippen LogP contribution in [0.3, 0.4) is 0 Å². The first-order valence-corrected chi connectivity index (χ1v) is 9.51. The maximum Gasteiger partial charge on any atom is 0.241 e. The first kappa shape index (κ1) is 21.0. The van der Waals surface area contributed by atoms with Crippen LogP contribution in [0.15, 0.2) is 29.3 Å². The Bertz CT molecular complexity index is 598.